The van der Waals surface area contributed by atoms with Crippen LogP contribution in [-0.4, -0.2) is 12.5 Å². The average Bonchev–Trinajstić information content (AvgIpc) is 3.11. The quantitative estimate of drug-likeness (QED) is 0.689. The summed E-state index contributed by atoms with van der Waals surface area (Å²) in [5, 5.41) is 2.89. The summed E-state index contributed by atoms with van der Waals surface area (Å²) in [7, 11) is 0. The maximum atomic E-state index is 12.1. The van der Waals surface area contributed by atoms with Crippen LogP contribution >= 0.6 is 11.3 Å². The van der Waals surface area contributed by atoms with Crippen LogP contribution in [0.15, 0.2) is 48.6 Å². The zero-order valence-corrected chi connectivity index (χ0v) is 15.1. The first-order chi connectivity index (χ1) is 11.6. The van der Waals surface area contributed by atoms with Gasteiger partial charge in [-0.2, -0.15) is 0 Å². The third kappa shape index (κ3) is 4.15. The van der Waals surface area contributed by atoms with Crippen molar-refractivity contribution in [3.05, 3.63) is 59.0 Å². The molecule has 0 bridgehead atoms. The largest absolute Gasteiger partial charge is 0.348 e. The van der Waals surface area contributed by atoms with Crippen LogP contribution in [0.25, 0.3) is 10.4 Å². The third-order valence-electron chi connectivity index (χ3n) is 4.65. The van der Waals surface area contributed by atoms with Crippen LogP contribution in [0.3, 0.4) is 0 Å². The van der Waals surface area contributed by atoms with E-state index >= 15 is 0 Å². The molecule has 1 heterocycles. The molecule has 0 radical (unpaired) electrons. The summed E-state index contributed by atoms with van der Waals surface area (Å²) in [5.41, 5.74) is 3.62. The third-order valence-corrected chi connectivity index (χ3v) is 5.79. The van der Waals surface area contributed by atoms with Crippen LogP contribution in [0, 0.1) is 0 Å². The van der Waals surface area contributed by atoms with E-state index in [0.29, 0.717) is 6.54 Å². The number of carbonyl (C=O) groups excluding carboxylic acids is 1. The summed E-state index contributed by atoms with van der Waals surface area (Å²) in [6, 6.07) is 12.9. The average molecular weight is 340 g/mol. The maximum Gasteiger partial charge on any atom is 0.261 e. The minimum atomic E-state index is -0.0203. The normalized spacial score (nSPS) is 15.2. The summed E-state index contributed by atoms with van der Waals surface area (Å²) >= 11 is 1.55. The smallest absolute Gasteiger partial charge is 0.261 e. The van der Waals surface area contributed by atoms with Gasteiger partial charge in [-0.05, 0) is 48.9 Å². The molecule has 1 aromatic carbocycles. The van der Waals surface area contributed by atoms with E-state index in [9.17, 15) is 4.79 Å². The molecular weight excluding hydrogens is 314 g/mol. The Bertz CT molecular complexity index is 708. The second-order valence-corrected chi connectivity index (χ2v) is 7.84. The van der Waals surface area contributed by atoms with Gasteiger partial charge in [0.15, 0.2) is 0 Å². The number of amides is 1. The summed E-state index contributed by atoms with van der Waals surface area (Å²) in [4.78, 5) is 14.0. The van der Waals surface area contributed by atoms with Gasteiger partial charge < -0.3 is 5.32 Å². The molecule has 1 amide bonds. The fourth-order valence-corrected chi connectivity index (χ4v) is 4.22. The fourth-order valence-electron chi connectivity index (χ4n) is 3.29. The van der Waals surface area contributed by atoms with Gasteiger partial charge in [0.05, 0.1) is 4.88 Å². The van der Waals surface area contributed by atoms with E-state index in [4.69, 9.17) is 0 Å². The van der Waals surface area contributed by atoms with Gasteiger partial charge in [-0.25, -0.2) is 0 Å². The number of benzene rings is 1. The Hall–Kier alpha value is -1.87. The number of hydrogen-bond donors (Lipinski definition) is 1. The molecule has 1 fully saturated rings. The topological polar surface area (TPSA) is 29.1 Å². The Labute approximate surface area is 148 Å². The van der Waals surface area contributed by atoms with E-state index < -0.39 is 0 Å². The lowest BCUT2D eigenvalue weighted by Crippen LogP contribution is -2.23. The van der Waals surface area contributed by atoms with E-state index in [-0.39, 0.29) is 5.91 Å². The van der Waals surface area contributed by atoms with Crippen LogP contribution in [0.1, 0.15) is 60.2 Å². The zero-order chi connectivity index (χ0) is 16.9. The molecule has 0 aliphatic heterocycles. The van der Waals surface area contributed by atoms with E-state index in [0.717, 1.165) is 21.2 Å². The van der Waals surface area contributed by atoms with Gasteiger partial charge in [0, 0.05) is 11.4 Å². The molecule has 24 heavy (non-hydrogen) atoms. The molecule has 126 valence electrons. The number of hydrogen-bond acceptors (Lipinski definition) is 2. The number of thiophene rings is 1. The monoisotopic (exact) mass is 339 g/mol. The van der Waals surface area contributed by atoms with Crippen molar-refractivity contribution in [1.82, 2.24) is 5.32 Å². The highest BCUT2D eigenvalue weighted by Crippen LogP contribution is 2.34. The van der Waals surface area contributed by atoms with Crippen LogP contribution in [0.2, 0.25) is 0 Å². The van der Waals surface area contributed by atoms with Crippen molar-refractivity contribution < 1.29 is 4.79 Å². The number of carbonyl (C=O) groups is 1. The van der Waals surface area contributed by atoms with Crippen molar-refractivity contribution in [3.8, 4) is 10.4 Å². The van der Waals surface area contributed by atoms with Gasteiger partial charge in [-0.3, -0.25) is 4.79 Å². The minimum Gasteiger partial charge on any atom is -0.348 e. The van der Waals surface area contributed by atoms with Crippen LogP contribution < -0.4 is 5.32 Å². The molecular formula is C21H25NOS. The van der Waals surface area contributed by atoms with Gasteiger partial charge >= 0.3 is 0 Å². The second kappa shape index (κ2) is 7.80. The van der Waals surface area contributed by atoms with Crippen LogP contribution in [0.5, 0.6) is 0 Å². The lowest BCUT2D eigenvalue weighted by Gasteiger charge is -2.22. The molecule has 0 spiro atoms. The second-order valence-electron chi connectivity index (χ2n) is 6.76. The van der Waals surface area contributed by atoms with E-state index in [1.54, 1.807) is 11.3 Å². The maximum absolute atomic E-state index is 12.1. The molecule has 0 saturated heterocycles. The van der Waals surface area contributed by atoms with Crippen molar-refractivity contribution in [2.24, 2.45) is 0 Å². The summed E-state index contributed by atoms with van der Waals surface area (Å²) in [6.45, 7) is 6.25. The molecule has 3 rings (SSSR count). The summed E-state index contributed by atoms with van der Waals surface area (Å²) < 4.78 is 0. The van der Waals surface area contributed by atoms with Gasteiger partial charge in [-0.15, -0.1) is 11.3 Å². The molecule has 1 aliphatic rings. The van der Waals surface area contributed by atoms with Gasteiger partial charge in [0.25, 0.3) is 5.91 Å². The molecule has 1 aromatic heterocycles. The van der Waals surface area contributed by atoms with Crippen LogP contribution in [-0.2, 0) is 0 Å². The van der Waals surface area contributed by atoms with Crippen LogP contribution in [0.4, 0.5) is 0 Å². The highest BCUT2D eigenvalue weighted by atomic mass is 32.1. The van der Waals surface area contributed by atoms with E-state index in [1.807, 2.05) is 19.1 Å². The fraction of sp³-hybridized carbons (Fsp3) is 0.381. The lowest BCUT2D eigenvalue weighted by molar-refractivity contribution is 0.0961. The first-order valence-electron chi connectivity index (χ1n) is 8.76. The van der Waals surface area contributed by atoms with Gasteiger partial charge in [-0.1, -0.05) is 55.7 Å². The molecule has 2 nitrogen and oxygen atoms in total. The molecule has 2 aromatic rings. The number of nitrogens with one attached hydrogen (secondary N) is 1. The molecule has 1 saturated carbocycles. The summed E-state index contributed by atoms with van der Waals surface area (Å²) in [6.07, 6.45) is 6.76. The minimum absolute atomic E-state index is 0.0203. The Balaban J connectivity index is 1.68. The standard InChI is InChI=1S/C21H25NOS/c1-15(2)14-22-21(23)20-13-12-19(24-20)18-10-8-17(9-11-18)16-6-4-3-5-7-16/h8-13,16H,1,3-7,14H2,2H3,(H,22,23). The molecule has 1 aliphatic carbocycles. The van der Waals surface area contributed by atoms with Crippen molar-refractivity contribution in [1.29, 1.82) is 0 Å². The predicted octanol–water partition coefficient (Wildman–Crippen LogP) is 5.77. The van der Waals surface area contributed by atoms with Crippen molar-refractivity contribution in [2.45, 2.75) is 44.9 Å². The Morgan fingerprint density at radius 1 is 1.12 bits per heavy atom. The Morgan fingerprint density at radius 3 is 2.50 bits per heavy atom. The number of rotatable bonds is 5. The molecule has 0 atom stereocenters. The Kier molecular flexibility index (Phi) is 5.52. The first-order valence-corrected chi connectivity index (χ1v) is 9.58. The molecule has 0 unspecified atom stereocenters. The lowest BCUT2D eigenvalue weighted by atomic mass is 9.84. The molecule has 3 heteroatoms. The van der Waals surface area contributed by atoms with Crippen molar-refractivity contribution in [3.63, 3.8) is 0 Å². The van der Waals surface area contributed by atoms with Gasteiger partial charge in [0.1, 0.15) is 0 Å². The van der Waals surface area contributed by atoms with E-state index in [1.165, 1.54) is 43.2 Å². The molecule has 1 N–H and O–H groups in total. The predicted molar refractivity (Wildman–Crippen MR) is 103 cm³/mol. The summed E-state index contributed by atoms with van der Waals surface area (Å²) in [5.74, 6) is 0.715. The Morgan fingerprint density at radius 2 is 1.83 bits per heavy atom. The highest BCUT2D eigenvalue weighted by molar-refractivity contribution is 7.17. The van der Waals surface area contributed by atoms with Gasteiger partial charge in [0.2, 0.25) is 0 Å². The van der Waals surface area contributed by atoms with E-state index in [2.05, 4.69) is 36.2 Å². The first kappa shape index (κ1) is 17.0. The SMILES string of the molecule is C=C(C)CNC(=O)c1ccc(-c2ccc(C3CCCCC3)cc2)s1. The van der Waals surface area contributed by atoms with Crippen molar-refractivity contribution in [2.75, 3.05) is 6.54 Å². The zero-order valence-electron chi connectivity index (χ0n) is 14.3. The van der Waals surface area contributed by atoms with Crippen molar-refractivity contribution >= 4 is 17.2 Å². The highest BCUT2D eigenvalue weighted by Gasteiger charge is 2.15.